The number of rotatable bonds is 5. The summed E-state index contributed by atoms with van der Waals surface area (Å²) in [6.07, 6.45) is 6.34. The molecule has 2 N–H and O–H groups in total. The van der Waals surface area contributed by atoms with E-state index in [-0.39, 0.29) is 5.41 Å². The number of hydrogen-bond donors (Lipinski definition) is 2. The normalized spacial score (nSPS) is 30.8. The first-order valence-corrected chi connectivity index (χ1v) is 7.22. The minimum absolute atomic E-state index is 0.274. The maximum Gasteiger partial charge on any atom is 0.191 e. The maximum absolute atomic E-state index is 5.62. The van der Waals surface area contributed by atoms with Gasteiger partial charge in [0.05, 0.1) is 6.10 Å². The minimum atomic E-state index is 0.274. The predicted octanol–water partition coefficient (Wildman–Crippen LogP) is 1.91. The van der Waals surface area contributed by atoms with Crippen molar-refractivity contribution in [2.24, 2.45) is 10.4 Å². The molecule has 2 fully saturated rings. The summed E-state index contributed by atoms with van der Waals surface area (Å²) in [4.78, 5) is 4.33. The molecular formula is C14H27N3O. The number of ether oxygens (including phenoxy) is 1. The quantitative estimate of drug-likeness (QED) is 0.581. The molecular weight excluding hydrogens is 226 g/mol. The second-order valence-electron chi connectivity index (χ2n) is 5.59. The molecule has 2 atom stereocenters. The molecule has 0 radical (unpaired) electrons. The smallest absolute Gasteiger partial charge is 0.191 e. The molecule has 2 rings (SSSR count). The van der Waals surface area contributed by atoms with Crippen LogP contribution >= 0.6 is 0 Å². The average Bonchev–Trinajstić information content (AvgIpc) is 3.18. The Morgan fingerprint density at radius 2 is 1.94 bits per heavy atom. The van der Waals surface area contributed by atoms with Crippen molar-refractivity contribution in [2.45, 2.75) is 64.1 Å². The molecule has 104 valence electrons. The molecule has 0 saturated heterocycles. The van der Waals surface area contributed by atoms with Crippen molar-refractivity contribution < 1.29 is 4.74 Å². The van der Waals surface area contributed by atoms with E-state index < -0.39 is 0 Å². The monoisotopic (exact) mass is 253 g/mol. The van der Waals surface area contributed by atoms with Crippen LogP contribution in [0.1, 0.15) is 46.0 Å². The molecule has 0 aromatic heterocycles. The van der Waals surface area contributed by atoms with E-state index in [0.29, 0.717) is 18.2 Å². The zero-order valence-corrected chi connectivity index (χ0v) is 12.1. The summed E-state index contributed by atoms with van der Waals surface area (Å²) >= 11 is 0. The Morgan fingerprint density at radius 3 is 2.39 bits per heavy atom. The highest BCUT2D eigenvalue weighted by atomic mass is 16.5. The predicted molar refractivity (Wildman–Crippen MR) is 74.9 cm³/mol. The van der Waals surface area contributed by atoms with Crippen molar-refractivity contribution in [3.05, 3.63) is 0 Å². The van der Waals surface area contributed by atoms with Gasteiger partial charge in [-0.2, -0.15) is 0 Å². The highest BCUT2D eigenvalue weighted by Crippen LogP contribution is 2.48. The molecule has 0 amide bonds. The van der Waals surface area contributed by atoms with Crippen LogP contribution in [0.3, 0.4) is 0 Å². The van der Waals surface area contributed by atoms with Crippen molar-refractivity contribution in [3.63, 3.8) is 0 Å². The Hall–Kier alpha value is -0.770. The number of methoxy groups -OCH3 is 1. The van der Waals surface area contributed by atoms with Crippen LogP contribution in [0.15, 0.2) is 4.99 Å². The summed E-state index contributed by atoms with van der Waals surface area (Å²) in [5.74, 6) is 0.961. The number of hydrogen-bond acceptors (Lipinski definition) is 2. The molecule has 0 aliphatic heterocycles. The van der Waals surface area contributed by atoms with Gasteiger partial charge in [0.25, 0.3) is 0 Å². The third kappa shape index (κ3) is 2.35. The SMILES string of the molecule is CCC1(CC)C(NC(=NC)NC2CC2)CC1OC. The lowest BCUT2D eigenvalue weighted by Gasteiger charge is -2.55. The van der Waals surface area contributed by atoms with E-state index in [2.05, 4.69) is 29.5 Å². The second-order valence-corrected chi connectivity index (χ2v) is 5.59. The van der Waals surface area contributed by atoms with Gasteiger partial charge in [0.2, 0.25) is 0 Å². The Labute approximate surface area is 111 Å². The Kier molecular flexibility index (Phi) is 4.15. The van der Waals surface area contributed by atoms with Crippen molar-refractivity contribution >= 4 is 5.96 Å². The van der Waals surface area contributed by atoms with Crippen LogP contribution in [0.2, 0.25) is 0 Å². The maximum atomic E-state index is 5.62. The van der Waals surface area contributed by atoms with Crippen LogP contribution in [0, 0.1) is 5.41 Å². The summed E-state index contributed by atoms with van der Waals surface area (Å²) in [5, 5.41) is 7.05. The molecule has 0 aromatic rings. The van der Waals surface area contributed by atoms with Crippen molar-refractivity contribution in [3.8, 4) is 0 Å². The highest BCUT2D eigenvalue weighted by Gasteiger charge is 2.53. The van der Waals surface area contributed by atoms with Crippen LogP contribution < -0.4 is 10.6 Å². The van der Waals surface area contributed by atoms with E-state index in [9.17, 15) is 0 Å². The zero-order valence-electron chi connectivity index (χ0n) is 12.1. The first kappa shape index (κ1) is 13.7. The lowest BCUT2D eigenvalue weighted by molar-refractivity contribution is -0.118. The van der Waals surface area contributed by atoms with Gasteiger partial charge in [-0.1, -0.05) is 13.8 Å². The van der Waals surface area contributed by atoms with Gasteiger partial charge in [-0.15, -0.1) is 0 Å². The van der Waals surface area contributed by atoms with Gasteiger partial charge in [0.15, 0.2) is 5.96 Å². The Morgan fingerprint density at radius 1 is 1.28 bits per heavy atom. The summed E-state index contributed by atoms with van der Waals surface area (Å²) in [6.45, 7) is 4.53. The van der Waals surface area contributed by atoms with Crippen LogP contribution in [-0.2, 0) is 4.74 Å². The third-order valence-corrected chi connectivity index (χ3v) is 4.84. The molecule has 2 aliphatic rings. The van der Waals surface area contributed by atoms with Gasteiger partial charge in [-0.05, 0) is 32.1 Å². The third-order valence-electron chi connectivity index (χ3n) is 4.84. The lowest BCUT2D eigenvalue weighted by atomic mass is 9.58. The fourth-order valence-corrected chi connectivity index (χ4v) is 3.24. The first-order valence-electron chi connectivity index (χ1n) is 7.22. The van der Waals surface area contributed by atoms with Gasteiger partial charge in [0, 0.05) is 31.7 Å². The molecule has 0 aromatic carbocycles. The van der Waals surface area contributed by atoms with E-state index in [4.69, 9.17) is 4.74 Å². The van der Waals surface area contributed by atoms with Crippen molar-refractivity contribution in [1.82, 2.24) is 10.6 Å². The summed E-state index contributed by atoms with van der Waals surface area (Å²) < 4.78 is 5.62. The van der Waals surface area contributed by atoms with E-state index in [1.54, 1.807) is 0 Å². The standard InChI is InChI=1S/C14H27N3O/c1-5-14(6-2)11(9-12(14)18-4)17-13(15-3)16-10-7-8-10/h10-12H,5-9H2,1-4H3,(H2,15,16,17). The van der Waals surface area contributed by atoms with Crippen LogP contribution in [0.5, 0.6) is 0 Å². The fraction of sp³-hybridized carbons (Fsp3) is 0.929. The van der Waals surface area contributed by atoms with Crippen molar-refractivity contribution in [2.75, 3.05) is 14.2 Å². The molecule has 18 heavy (non-hydrogen) atoms. The summed E-state index contributed by atoms with van der Waals surface area (Å²) in [7, 11) is 3.68. The van der Waals surface area contributed by atoms with Crippen LogP contribution in [-0.4, -0.2) is 38.3 Å². The van der Waals surface area contributed by atoms with Gasteiger partial charge in [0.1, 0.15) is 0 Å². The summed E-state index contributed by atoms with van der Waals surface area (Å²) in [6, 6.07) is 1.13. The van der Waals surface area contributed by atoms with E-state index >= 15 is 0 Å². The van der Waals surface area contributed by atoms with Crippen LogP contribution in [0.25, 0.3) is 0 Å². The number of aliphatic imine (C=N–C) groups is 1. The second kappa shape index (κ2) is 5.47. The highest BCUT2D eigenvalue weighted by molar-refractivity contribution is 5.80. The van der Waals surface area contributed by atoms with Crippen LogP contribution in [0.4, 0.5) is 0 Å². The average molecular weight is 253 g/mol. The summed E-state index contributed by atoms with van der Waals surface area (Å²) in [5.41, 5.74) is 0.274. The molecule has 0 heterocycles. The zero-order chi connectivity index (χ0) is 13.2. The van der Waals surface area contributed by atoms with E-state index in [1.807, 2.05) is 14.2 Å². The Balaban J connectivity index is 1.95. The molecule has 2 saturated carbocycles. The number of nitrogens with one attached hydrogen (secondary N) is 2. The first-order chi connectivity index (χ1) is 8.70. The fourth-order valence-electron chi connectivity index (χ4n) is 3.24. The van der Waals surface area contributed by atoms with E-state index in [1.165, 1.54) is 12.8 Å². The molecule has 0 bridgehead atoms. The van der Waals surface area contributed by atoms with Gasteiger partial charge in [-0.25, -0.2) is 0 Å². The minimum Gasteiger partial charge on any atom is -0.381 e. The molecule has 4 heteroatoms. The van der Waals surface area contributed by atoms with Gasteiger partial charge >= 0.3 is 0 Å². The van der Waals surface area contributed by atoms with E-state index in [0.717, 1.165) is 25.2 Å². The Bertz CT molecular complexity index is 308. The molecule has 0 spiro atoms. The number of nitrogens with zero attached hydrogens (tertiary/aromatic N) is 1. The van der Waals surface area contributed by atoms with Crippen molar-refractivity contribution in [1.29, 1.82) is 0 Å². The molecule has 4 nitrogen and oxygen atoms in total. The molecule has 2 aliphatic carbocycles. The lowest BCUT2D eigenvalue weighted by Crippen LogP contribution is -2.65. The molecule has 2 unspecified atom stereocenters. The topological polar surface area (TPSA) is 45.7 Å². The van der Waals surface area contributed by atoms with Gasteiger partial charge < -0.3 is 15.4 Å². The largest absolute Gasteiger partial charge is 0.381 e. The number of guanidine groups is 1. The van der Waals surface area contributed by atoms with Gasteiger partial charge in [-0.3, -0.25) is 4.99 Å².